The number of anilines is 1. The summed E-state index contributed by atoms with van der Waals surface area (Å²) in [7, 11) is 0. The van der Waals surface area contributed by atoms with E-state index in [4.69, 9.17) is 16.6 Å². The average molecular weight is 281 g/mol. The summed E-state index contributed by atoms with van der Waals surface area (Å²) in [4.78, 5) is 7.36. The highest BCUT2D eigenvalue weighted by atomic mass is 35.5. The van der Waals surface area contributed by atoms with Gasteiger partial charge in [0.2, 0.25) is 0 Å². The number of alkyl halides is 1. The Morgan fingerprint density at radius 1 is 1.32 bits per heavy atom. The molecule has 0 aliphatic heterocycles. The van der Waals surface area contributed by atoms with Gasteiger partial charge in [-0.2, -0.15) is 0 Å². The van der Waals surface area contributed by atoms with Crippen LogP contribution in [0.1, 0.15) is 58.2 Å². The predicted molar refractivity (Wildman–Crippen MR) is 83.2 cm³/mol. The Morgan fingerprint density at radius 2 is 2.00 bits per heavy atom. The van der Waals surface area contributed by atoms with Gasteiger partial charge in [-0.05, 0) is 37.0 Å². The van der Waals surface area contributed by atoms with E-state index >= 15 is 0 Å². The summed E-state index contributed by atoms with van der Waals surface area (Å²) in [5.41, 5.74) is 2.39. The van der Waals surface area contributed by atoms with Crippen molar-refractivity contribution in [1.29, 1.82) is 0 Å². The van der Waals surface area contributed by atoms with E-state index in [1.54, 1.807) is 0 Å². The van der Waals surface area contributed by atoms with Gasteiger partial charge in [0.1, 0.15) is 5.82 Å². The molecule has 2 rings (SSSR count). The minimum Gasteiger partial charge on any atom is -0.354 e. The smallest absolute Gasteiger partial charge is 0.129 e. The molecule has 1 saturated carbocycles. The van der Waals surface area contributed by atoms with E-state index < -0.39 is 0 Å². The molecule has 0 amide bonds. The number of pyridine rings is 1. The van der Waals surface area contributed by atoms with Crippen molar-refractivity contribution in [3.63, 3.8) is 0 Å². The van der Waals surface area contributed by atoms with Crippen LogP contribution in [0.4, 0.5) is 5.82 Å². The molecule has 0 radical (unpaired) electrons. The second-order valence-corrected chi connectivity index (χ2v) is 6.79. The molecule has 1 heterocycles. The van der Waals surface area contributed by atoms with Crippen molar-refractivity contribution < 1.29 is 0 Å². The fraction of sp³-hybridized carbons (Fsp3) is 0.688. The number of hydrogen-bond acceptors (Lipinski definition) is 2. The van der Waals surface area contributed by atoms with Crippen molar-refractivity contribution >= 4 is 17.4 Å². The fourth-order valence-corrected chi connectivity index (χ4v) is 2.45. The van der Waals surface area contributed by atoms with E-state index in [1.807, 2.05) is 0 Å². The van der Waals surface area contributed by atoms with Gasteiger partial charge in [0, 0.05) is 29.6 Å². The van der Waals surface area contributed by atoms with E-state index in [-0.39, 0.29) is 5.41 Å². The zero-order chi connectivity index (χ0) is 14.0. The van der Waals surface area contributed by atoms with Crippen LogP contribution in [0.2, 0.25) is 0 Å². The minimum atomic E-state index is 0.0677. The Balaban J connectivity index is 2.37. The first-order chi connectivity index (χ1) is 8.95. The first kappa shape index (κ1) is 14.6. The number of halogens is 1. The van der Waals surface area contributed by atoms with Crippen LogP contribution in [0.5, 0.6) is 0 Å². The Bertz CT molecular complexity index is 433. The zero-order valence-corrected chi connectivity index (χ0v) is 13.3. The largest absolute Gasteiger partial charge is 0.354 e. The average Bonchev–Trinajstić information content (AvgIpc) is 3.18. The Labute approximate surface area is 122 Å². The summed E-state index contributed by atoms with van der Waals surface area (Å²) in [6.07, 6.45) is 3.77. The van der Waals surface area contributed by atoms with E-state index in [0.717, 1.165) is 24.5 Å². The highest BCUT2D eigenvalue weighted by molar-refractivity contribution is 6.17. The van der Waals surface area contributed by atoms with Crippen molar-refractivity contribution in [2.75, 3.05) is 11.4 Å². The SMILES string of the molecule is CCCN(c1cc(CCl)cc(C(C)(C)C)n1)C1CC1. The summed E-state index contributed by atoms with van der Waals surface area (Å²) >= 11 is 6.05. The molecule has 1 aromatic rings. The van der Waals surface area contributed by atoms with Crippen LogP contribution in [0, 0.1) is 0 Å². The highest BCUT2D eigenvalue weighted by Gasteiger charge is 2.30. The second kappa shape index (κ2) is 5.70. The molecule has 3 heteroatoms. The summed E-state index contributed by atoms with van der Waals surface area (Å²) in [6.45, 7) is 9.94. The van der Waals surface area contributed by atoms with Crippen LogP contribution in [0.25, 0.3) is 0 Å². The lowest BCUT2D eigenvalue weighted by Gasteiger charge is -2.26. The van der Waals surface area contributed by atoms with Gasteiger partial charge in [-0.15, -0.1) is 11.6 Å². The maximum absolute atomic E-state index is 6.05. The number of rotatable bonds is 5. The predicted octanol–water partition coefficient (Wildman–Crippen LogP) is 4.50. The topological polar surface area (TPSA) is 16.1 Å². The van der Waals surface area contributed by atoms with Gasteiger partial charge in [0.25, 0.3) is 0 Å². The standard InChI is InChI=1S/C16H25ClN2/c1-5-8-19(13-6-7-13)15-10-12(11-17)9-14(18-15)16(2,3)4/h9-10,13H,5-8,11H2,1-4H3. The minimum absolute atomic E-state index is 0.0677. The van der Waals surface area contributed by atoms with E-state index in [2.05, 4.69) is 44.7 Å². The van der Waals surface area contributed by atoms with Gasteiger partial charge in [-0.25, -0.2) is 4.98 Å². The monoisotopic (exact) mass is 280 g/mol. The Kier molecular flexibility index (Phi) is 4.39. The summed E-state index contributed by atoms with van der Waals surface area (Å²) in [5.74, 6) is 1.68. The lowest BCUT2D eigenvalue weighted by atomic mass is 9.91. The molecule has 0 spiro atoms. The van der Waals surface area contributed by atoms with Crippen LogP contribution in [0.3, 0.4) is 0 Å². The normalized spacial score (nSPS) is 15.6. The van der Waals surface area contributed by atoms with Gasteiger partial charge in [0.15, 0.2) is 0 Å². The van der Waals surface area contributed by atoms with Gasteiger partial charge in [0.05, 0.1) is 0 Å². The molecule has 0 atom stereocenters. The Hall–Kier alpha value is -0.760. The Morgan fingerprint density at radius 3 is 2.47 bits per heavy atom. The van der Waals surface area contributed by atoms with Crippen molar-refractivity contribution in [1.82, 2.24) is 4.98 Å². The number of hydrogen-bond donors (Lipinski definition) is 0. The molecule has 0 N–H and O–H groups in total. The van der Waals surface area contributed by atoms with Crippen molar-refractivity contribution in [2.24, 2.45) is 0 Å². The molecular formula is C16H25ClN2. The van der Waals surface area contributed by atoms with E-state index in [9.17, 15) is 0 Å². The quantitative estimate of drug-likeness (QED) is 0.739. The number of nitrogens with zero attached hydrogens (tertiary/aromatic N) is 2. The lowest BCUT2D eigenvalue weighted by molar-refractivity contribution is 0.566. The first-order valence-electron chi connectivity index (χ1n) is 7.29. The van der Waals surface area contributed by atoms with E-state index in [0.29, 0.717) is 11.9 Å². The maximum atomic E-state index is 6.05. The molecule has 0 aromatic carbocycles. The molecular weight excluding hydrogens is 256 g/mol. The third kappa shape index (κ3) is 3.62. The molecule has 0 bridgehead atoms. The summed E-state index contributed by atoms with van der Waals surface area (Å²) in [6, 6.07) is 5.01. The van der Waals surface area contributed by atoms with E-state index in [1.165, 1.54) is 18.4 Å². The van der Waals surface area contributed by atoms with Crippen LogP contribution < -0.4 is 4.90 Å². The highest BCUT2D eigenvalue weighted by Crippen LogP contribution is 2.33. The summed E-state index contributed by atoms with van der Waals surface area (Å²) < 4.78 is 0. The van der Waals surface area contributed by atoms with Crippen LogP contribution in [-0.2, 0) is 11.3 Å². The van der Waals surface area contributed by atoms with Crippen LogP contribution in [-0.4, -0.2) is 17.6 Å². The van der Waals surface area contributed by atoms with Crippen LogP contribution >= 0.6 is 11.6 Å². The van der Waals surface area contributed by atoms with Crippen molar-refractivity contribution in [3.05, 3.63) is 23.4 Å². The van der Waals surface area contributed by atoms with Gasteiger partial charge < -0.3 is 4.90 Å². The first-order valence-corrected chi connectivity index (χ1v) is 7.83. The molecule has 0 saturated heterocycles. The van der Waals surface area contributed by atoms with Gasteiger partial charge in [-0.3, -0.25) is 0 Å². The molecule has 19 heavy (non-hydrogen) atoms. The molecule has 1 aliphatic carbocycles. The van der Waals surface area contributed by atoms with Crippen molar-refractivity contribution in [2.45, 2.75) is 64.3 Å². The molecule has 2 nitrogen and oxygen atoms in total. The molecule has 106 valence electrons. The molecule has 1 aliphatic rings. The fourth-order valence-electron chi connectivity index (χ4n) is 2.29. The lowest BCUT2D eigenvalue weighted by Crippen LogP contribution is -2.28. The second-order valence-electron chi connectivity index (χ2n) is 6.53. The number of aromatic nitrogens is 1. The zero-order valence-electron chi connectivity index (χ0n) is 12.5. The molecule has 1 fully saturated rings. The summed E-state index contributed by atoms with van der Waals surface area (Å²) in [5, 5.41) is 0. The van der Waals surface area contributed by atoms with Gasteiger partial charge >= 0.3 is 0 Å². The molecule has 1 aromatic heterocycles. The third-order valence-electron chi connectivity index (χ3n) is 3.54. The molecule has 0 unspecified atom stereocenters. The third-order valence-corrected chi connectivity index (χ3v) is 3.85. The van der Waals surface area contributed by atoms with Crippen LogP contribution in [0.15, 0.2) is 12.1 Å². The van der Waals surface area contributed by atoms with Crippen molar-refractivity contribution in [3.8, 4) is 0 Å². The maximum Gasteiger partial charge on any atom is 0.129 e. The van der Waals surface area contributed by atoms with Gasteiger partial charge in [-0.1, -0.05) is 27.7 Å².